The quantitative estimate of drug-likeness (QED) is 0.410. The number of hydrogen-bond acceptors (Lipinski definition) is 3. The summed E-state index contributed by atoms with van der Waals surface area (Å²) in [7, 11) is -3.07. The van der Waals surface area contributed by atoms with Gasteiger partial charge in [0.05, 0.1) is 17.5 Å². The standard InChI is InChI=1S/C16H25N3O2S.HI/c1-12(2)22(20,21)11-10-18-16(17)19-15-9-5-7-13-6-3-4-8-14(13)15;/h5,7,9,12H,3-4,6,8,10-11H2,1-2H3,(H3,17,18,19);1H. The van der Waals surface area contributed by atoms with E-state index in [-0.39, 0.29) is 47.5 Å². The average Bonchev–Trinajstić information content (AvgIpc) is 2.47. The van der Waals surface area contributed by atoms with Gasteiger partial charge in [-0.2, -0.15) is 0 Å². The number of guanidine groups is 1. The Kier molecular flexibility index (Phi) is 7.79. The molecule has 1 aliphatic rings. The van der Waals surface area contributed by atoms with Gasteiger partial charge in [-0.3, -0.25) is 4.99 Å². The van der Waals surface area contributed by atoms with Crippen molar-refractivity contribution in [3.8, 4) is 0 Å². The highest BCUT2D eigenvalue weighted by atomic mass is 127. The van der Waals surface area contributed by atoms with Gasteiger partial charge in [0.15, 0.2) is 15.8 Å². The van der Waals surface area contributed by atoms with Crippen molar-refractivity contribution >= 4 is 45.5 Å². The second-order valence-electron chi connectivity index (χ2n) is 5.96. The highest BCUT2D eigenvalue weighted by Crippen LogP contribution is 2.27. The number of sulfone groups is 1. The number of nitrogens with zero attached hydrogens (tertiary/aromatic N) is 1. The summed E-state index contributed by atoms with van der Waals surface area (Å²) in [5, 5.41) is 2.74. The molecule has 0 bridgehead atoms. The van der Waals surface area contributed by atoms with Gasteiger partial charge >= 0.3 is 0 Å². The first-order valence-corrected chi connectivity index (χ1v) is 9.51. The van der Waals surface area contributed by atoms with Gasteiger partial charge in [-0.15, -0.1) is 24.0 Å². The second kappa shape index (κ2) is 8.86. The van der Waals surface area contributed by atoms with E-state index in [0.29, 0.717) is 0 Å². The second-order valence-corrected chi connectivity index (χ2v) is 8.63. The van der Waals surface area contributed by atoms with Crippen LogP contribution in [0.5, 0.6) is 0 Å². The van der Waals surface area contributed by atoms with E-state index in [0.717, 1.165) is 18.5 Å². The summed E-state index contributed by atoms with van der Waals surface area (Å²) in [5.41, 5.74) is 9.55. The van der Waals surface area contributed by atoms with E-state index in [4.69, 9.17) is 5.73 Å². The lowest BCUT2D eigenvalue weighted by Gasteiger charge is -2.19. The van der Waals surface area contributed by atoms with Gasteiger partial charge < -0.3 is 11.1 Å². The van der Waals surface area contributed by atoms with E-state index < -0.39 is 9.84 Å². The van der Waals surface area contributed by atoms with Crippen molar-refractivity contribution in [2.75, 3.05) is 17.6 Å². The lowest BCUT2D eigenvalue weighted by Crippen LogP contribution is -2.26. The topological polar surface area (TPSA) is 84.5 Å². The zero-order valence-electron chi connectivity index (χ0n) is 13.7. The predicted molar refractivity (Wildman–Crippen MR) is 108 cm³/mol. The van der Waals surface area contributed by atoms with Crippen LogP contribution in [0, 0.1) is 0 Å². The number of halogens is 1. The van der Waals surface area contributed by atoms with Crippen molar-refractivity contribution in [3.05, 3.63) is 29.3 Å². The molecule has 0 amide bonds. The van der Waals surface area contributed by atoms with Gasteiger partial charge in [0, 0.05) is 5.69 Å². The van der Waals surface area contributed by atoms with Gasteiger partial charge in [-0.1, -0.05) is 12.1 Å². The monoisotopic (exact) mass is 451 g/mol. The number of hydrogen-bond donors (Lipinski definition) is 2. The molecular weight excluding hydrogens is 425 g/mol. The zero-order chi connectivity index (χ0) is 16.2. The molecule has 1 aromatic carbocycles. The van der Waals surface area contributed by atoms with E-state index >= 15 is 0 Å². The Balaban J connectivity index is 0.00000264. The van der Waals surface area contributed by atoms with Gasteiger partial charge in [0.25, 0.3) is 0 Å². The summed E-state index contributed by atoms with van der Waals surface area (Å²) in [6.45, 7) is 3.54. The van der Waals surface area contributed by atoms with Crippen molar-refractivity contribution in [2.45, 2.75) is 44.8 Å². The van der Waals surface area contributed by atoms with Crippen molar-refractivity contribution in [1.82, 2.24) is 0 Å². The third-order valence-electron chi connectivity index (χ3n) is 4.03. The summed E-state index contributed by atoms with van der Waals surface area (Å²) in [4.78, 5) is 4.14. The number of benzene rings is 1. The SMILES string of the molecule is CC(C)S(=O)(=O)CCN=C(N)Nc1cccc2c1CCCC2.I. The van der Waals surface area contributed by atoms with E-state index in [1.807, 2.05) is 12.1 Å². The van der Waals surface area contributed by atoms with Gasteiger partial charge in [0.1, 0.15) is 0 Å². The molecule has 0 unspecified atom stereocenters. The summed E-state index contributed by atoms with van der Waals surface area (Å²) >= 11 is 0. The molecule has 0 saturated heterocycles. The van der Waals surface area contributed by atoms with E-state index in [2.05, 4.69) is 16.4 Å². The van der Waals surface area contributed by atoms with E-state index in [9.17, 15) is 8.42 Å². The fourth-order valence-electron chi connectivity index (χ4n) is 2.60. The third kappa shape index (κ3) is 5.63. The number of nitrogens with two attached hydrogens (primary N) is 1. The molecule has 130 valence electrons. The molecule has 0 aromatic heterocycles. The Morgan fingerprint density at radius 3 is 2.70 bits per heavy atom. The van der Waals surface area contributed by atoms with Crippen molar-refractivity contribution in [3.63, 3.8) is 0 Å². The molecule has 0 atom stereocenters. The lowest BCUT2D eigenvalue weighted by atomic mass is 9.90. The minimum atomic E-state index is -3.07. The molecule has 0 spiro atoms. The first kappa shape index (κ1) is 20.2. The fraction of sp³-hybridized carbons (Fsp3) is 0.562. The first-order chi connectivity index (χ1) is 10.4. The van der Waals surface area contributed by atoms with Gasteiger partial charge in [-0.25, -0.2) is 8.42 Å². The number of nitrogens with one attached hydrogen (secondary N) is 1. The zero-order valence-corrected chi connectivity index (χ0v) is 16.9. The number of aryl methyl sites for hydroxylation is 1. The smallest absolute Gasteiger partial charge is 0.193 e. The molecule has 7 heteroatoms. The Bertz CT molecular complexity index is 657. The fourth-order valence-corrected chi connectivity index (χ4v) is 3.42. The molecule has 0 fully saturated rings. The number of fused-ring (bicyclic) bond motifs is 1. The number of anilines is 1. The maximum absolute atomic E-state index is 11.7. The van der Waals surface area contributed by atoms with Gasteiger partial charge in [0.2, 0.25) is 0 Å². The van der Waals surface area contributed by atoms with E-state index in [1.54, 1.807) is 13.8 Å². The predicted octanol–water partition coefficient (Wildman–Crippen LogP) is 2.73. The molecule has 0 saturated carbocycles. The molecule has 1 aliphatic carbocycles. The summed E-state index contributed by atoms with van der Waals surface area (Å²) in [5.74, 6) is 0.304. The maximum Gasteiger partial charge on any atom is 0.193 e. The summed E-state index contributed by atoms with van der Waals surface area (Å²) < 4.78 is 23.5. The highest BCUT2D eigenvalue weighted by molar-refractivity contribution is 14.0. The molecule has 0 heterocycles. The van der Waals surface area contributed by atoms with Crippen LogP contribution in [0.25, 0.3) is 0 Å². The third-order valence-corrected chi connectivity index (χ3v) is 6.22. The molecule has 0 radical (unpaired) electrons. The largest absolute Gasteiger partial charge is 0.370 e. The Labute approximate surface area is 156 Å². The minimum Gasteiger partial charge on any atom is -0.370 e. The van der Waals surface area contributed by atoms with Crippen LogP contribution in [-0.4, -0.2) is 31.9 Å². The molecule has 2 rings (SSSR count). The van der Waals surface area contributed by atoms with Crippen LogP contribution in [0.15, 0.2) is 23.2 Å². The van der Waals surface area contributed by atoms with Crippen LogP contribution in [0.3, 0.4) is 0 Å². The molecule has 0 aliphatic heterocycles. The van der Waals surface area contributed by atoms with Crippen molar-refractivity contribution < 1.29 is 8.42 Å². The summed E-state index contributed by atoms with van der Waals surface area (Å²) in [6, 6.07) is 6.17. The molecule has 5 nitrogen and oxygen atoms in total. The molecule has 23 heavy (non-hydrogen) atoms. The summed E-state index contributed by atoms with van der Waals surface area (Å²) in [6.07, 6.45) is 4.57. The van der Waals surface area contributed by atoms with Crippen LogP contribution in [0.1, 0.15) is 37.8 Å². The van der Waals surface area contributed by atoms with Crippen molar-refractivity contribution in [2.24, 2.45) is 10.7 Å². The normalized spacial score (nSPS) is 15.0. The Morgan fingerprint density at radius 2 is 2.00 bits per heavy atom. The molecule has 3 N–H and O–H groups in total. The van der Waals surface area contributed by atoms with Gasteiger partial charge in [-0.05, 0) is 56.7 Å². The average molecular weight is 451 g/mol. The van der Waals surface area contributed by atoms with E-state index in [1.165, 1.54) is 24.0 Å². The Hall–Kier alpha value is -0.830. The van der Waals surface area contributed by atoms with Crippen LogP contribution < -0.4 is 11.1 Å². The number of aliphatic imine (C=N–C) groups is 1. The first-order valence-electron chi connectivity index (χ1n) is 7.79. The Morgan fingerprint density at radius 1 is 1.30 bits per heavy atom. The molecular formula is C16H26IN3O2S. The van der Waals surface area contributed by atoms with Crippen LogP contribution in [-0.2, 0) is 22.7 Å². The highest BCUT2D eigenvalue weighted by Gasteiger charge is 2.15. The van der Waals surface area contributed by atoms with Crippen LogP contribution >= 0.6 is 24.0 Å². The van der Waals surface area contributed by atoms with Crippen molar-refractivity contribution in [1.29, 1.82) is 0 Å². The van der Waals surface area contributed by atoms with Crippen LogP contribution in [0.2, 0.25) is 0 Å². The number of rotatable bonds is 5. The lowest BCUT2D eigenvalue weighted by molar-refractivity contribution is 0.587. The molecule has 1 aromatic rings. The maximum atomic E-state index is 11.7. The minimum absolute atomic E-state index is 0. The van der Waals surface area contributed by atoms with Crippen LogP contribution in [0.4, 0.5) is 5.69 Å².